The quantitative estimate of drug-likeness (QED) is 0.919. The van der Waals surface area contributed by atoms with Crippen LogP contribution in [-0.2, 0) is 6.42 Å². The molecule has 1 heterocycles. The Morgan fingerprint density at radius 1 is 1.40 bits per heavy atom. The summed E-state index contributed by atoms with van der Waals surface area (Å²) in [6.07, 6.45) is 4.28. The second kappa shape index (κ2) is 4.93. The van der Waals surface area contributed by atoms with Crippen molar-refractivity contribution < 1.29 is 4.39 Å². The maximum atomic E-state index is 13.5. The van der Waals surface area contributed by atoms with E-state index in [-0.39, 0.29) is 5.82 Å². The largest absolute Gasteiger partial charge is 0.383 e. The van der Waals surface area contributed by atoms with Gasteiger partial charge in [-0.3, -0.25) is 0 Å². The second-order valence-electron chi connectivity index (χ2n) is 5.57. The minimum Gasteiger partial charge on any atom is -0.383 e. The van der Waals surface area contributed by atoms with Crippen molar-refractivity contribution in [2.45, 2.75) is 45.6 Å². The summed E-state index contributed by atoms with van der Waals surface area (Å²) in [5.41, 5.74) is 8.84. The number of nitrogens with two attached hydrogens (primary N) is 1. The first-order chi connectivity index (χ1) is 9.61. The van der Waals surface area contributed by atoms with Crippen LogP contribution in [0.15, 0.2) is 18.2 Å². The van der Waals surface area contributed by atoms with E-state index >= 15 is 0 Å². The fourth-order valence-electron chi connectivity index (χ4n) is 2.68. The monoisotopic (exact) mass is 273 g/mol. The lowest BCUT2D eigenvalue weighted by molar-refractivity contribution is 0.628. The predicted molar refractivity (Wildman–Crippen MR) is 79.0 cm³/mol. The number of nitrogen functional groups attached to an aromatic ring is 1. The fraction of sp³-hybridized carbons (Fsp3) is 0.438. The Bertz CT molecular complexity index is 641. The van der Waals surface area contributed by atoms with Crippen molar-refractivity contribution in [3.8, 4) is 11.3 Å². The van der Waals surface area contributed by atoms with Crippen LogP contribution in [0.3, 0.4) is 0 Å². The molecule has 0 saturated heterocycles. The zero-order valence-corrected chi connectivity index (χ0v) is 12.0. The van der Waals surface area contributed by atoms with Crippen LogP contribution in [0.5, 0.6) is 0 Å². The highest BCUT2D eigenvalue weighted by atomic mass is 19.1. The number of aromatic nitrogens is 2. The topological polar surface area (TPSA) is 43.8 Å². The Balaban J connectivity index is 2.13. The minimum atomic E-state index is -0.247. The molecule has 1 aromatic carbocycles. The zero-order valence-electron chi connectivity index (χ0n) is 12.0. The molecule has 1 fully saturated rings. The van der Waals surface area contributed by atoms with Gasteiger partial charge in [-0.25, -0.2) is 9.37 Å². The van der Waals surface area contributed by atoms with Crippen LogP contribution in [0.4, 0.5) is 10.2 Å². The number of rotatable bonds is 4. The Hall–Kier alpha value is -1.84. The molecule has 1 aliphatic rings. The van der Waals surface area contributed by atoms with Gasteiger partial charge in [-0.15, -0.1) is 0 Å². The van der Waals surface area contributed by atoms with Crippen molar-refractivity contribution in [3.05, 3.63) is 35.4 Å². The maximum Gasteiger partial charge on any atom is 0.132 e. The smallest absolute Gasteiger partial charge is 0.132 e. The summed E-state index contributed by atoms with van der Waals surface area (Å²) >= 11 is 0. The molecule has 4 heteroatoms. The normalized spacial score (nSPS) is 14.8. The van der Waals surface area contributed by atoms with E-state index in [0.717, 1.165) is 35.5 Å². The van der Waals surface area contributed by atoms with Crippen LogP contribution >= 0.6 is 0 Å². The van der Waals surface area contributed by atoms with Gasteiger partial charge in [0.25, 0.3) is 0 Å². The van der Waals surface area contributed by atoms with Gasteiger partial charge in [-0.05, 0) is 43.9 Å². The number of hydrogen-bond acceptors (Lipinski definition) is 2. The van der Waals surface area contributed by atoms with E-state index in [1.807, 2.05) is 6.92 Å². The molecule has 106 valence electrons. The first-order valence-electron chi connectivity index (χ1n) is 7.25. The van der Waals surface area contributed by atoms with E-state index in [1.165, 1.54) is 25.0 Å². The third kappa shape index (κ3) is 2.19. The standard InChI is InChI=1S/C16H20FN3/c1-3-4-14-19-15(16(18)20(14)12-7-8-12)13-9-11(17)6-5-10(13)2/h5-6,9,12H,3-4,7-8,18H2,1-2H3. The van der Waals surface area contributed by atoms with Crippen molar-refractivity contribution in [2.75, 3.05) is 5.73 Å². The lowest BCUT2D eigenvalue weighted by Crippen LogP contribution is -2.05. The highest BCUT2D eigenvalue weighted by Crippen LogP contribution is 2.41. The summed E-state index contributed by atoms with van der Waals surface area (Å²) in [4.78, 5) is 4.70. The molecule has 0 atom stereocenters. The molecule has 0 radical (unpaired) electrons. The average Bonchev–Trinajstić information content (AvgIpc) is 3.19. The van der Waals surface area contributed by atoms with E-state index in [9.17, 15) is 4.39 Å². The molecule has 0 amide bonds. The number of aryl methyl sites for hydroxylation is 2. The summed E-state index contributed by atoms with van der Waals surface area (Å²) in [5.74, 6) is 1.47. The molecule has 1 saturated carbocycles. The Morgan fingerprint density at radius 2 is 2.15 bits per heavy atom. The summed E-state index contributed by atoms with van der Waals surface area (Å²) in [7, 11) is 0. The van der Waals surface area contributed by atoms with Gasteiger partial charge in [0.15, 0.2) is 0 Å². The Morgan fingerprint density at radius 3 is 2.80 bits per heavy atom. The molecular formula is C16H20FN3. The summed E-state index contributed by atoms with van der Waals surface area (Å²) in [6, 6.07) is 5.27. The van der Waals surface area contributed by atoms with Crippen LogP contribution in [-0.4, -0.2) is 9.55 Å². The van der Waals surface area contributed by atoms with Gasteiger partial charge in [0.2, 0.25) is 0 Å². The predicted octanol–water partition coefficient (Wildman–Crippen LogP) is 3.87. The van der Waals surface area contributed by atoms with E-state index < -0.39 is 0 Å². The van der Waals surface area contributed by atoms with Gasteiger partial charge in [0, 0.05) is 18.0 Å². The van der Waals surface area contributed by atoms with Crippen molar-refractivity contribution in [3.63, 3.8) is 0 Å². The van der Waals surface area contributed by atoms with E-state index in [1.54, 1.807) is 6.07 Å². The van der Waals surface area contributed by atoms with Gasteiger partial charge in [0.1, 0.15) is 23.2 Å². The first kappa shape index (κ1) is 13.2. The average molecular weight is 273 g/mol. The van der Waals surface area contributed by atoms with E-state index in [0.29, 0.717) is 11.9 Å². The number of halogens is 1. The van der Waals surface area contributed by atoms with Crippen molar-refractivity contribution in [1.29, 1.82) is 0 Å². The third-order valence-corrected chi connectivity index (χ3v) is 3.86. The molecule has 0 aliphatic heterocycles. The number of benzene rings is 1. The van der Waals surface area contributed by atoms with Gasteiger partial charge in [-0.1, -0.05) is 13.0 Å². The van der Waals surface area contributed by atoms with Gasteiger partial charge in [0.05, 0.1) is 0 Å². The number of imidazole rings is 1. The molecular weight excluding hydrogens is 253 g/mol. The SMILES string of the molecule is CCCc1nc(-c2cc(F)ccc2C)c(N)n1C1CC1. The van der Waals surface area contributed by atoms with E-state index in [4.69, 9.17) is 10.7 Å². The molecule has 0 bridgehead atoms. The molecule has 2 N–H and O–H groups in total. The van der Waals surface area contributed by atoms with Crippen LogP contribution in [0.2, 0.25) is 0 Å². The van der Waals surface area contributed by atoms with Gasteiger partial charge < -0.3 is 10.3 Å². The van der Waals surface area contributed by atoms with Crippen molar-refractivity contribution >= 4 is 5.82 Å². The zero-order chi connectivity index (χ0) is 14.3. The Labute approximate surface area is 118 Å². The number of anilines is 1. The van der Waals surface area contributed by atoms with Gasteiger partial charge >= 0.3 is 0 Å². The highest BCUT2D eigenvalue weighted by molar-refractivity contribution is 5.74. The minimum absolute atomic E-state index is 0.247. The molecule has 2 aromatic rings. The van der Waals surface area contributed by atoms with Crippen LogP contribution in [0, 0.1) is 12.7 Å². The molecule has 1 aliphatic carbocycles. The summed E-state index contributed by atoms with van der Waals surface area (Å²) in [5, 5.41) is 0. The number of hydrogen-bond donors (Lipinski definition) is 1. The number of nitrogens with zero attached hydrogens (tertiary/aromatic N) is 2. The first-order valence-corrected chi connectivity index (χ1v) is 7.25. The third-order valence-electron chi connectivity index (χ3n) is 3.86. The van der Waals surface area contributed by atoms with Crippen LogP contribution < -0.4 is 5.73 Å². The highest BCUT2D eigenvalue weighted by Gasteiger charge is 2.30. The molecule has 0 spiro atoms. The van der Waals surface area contributed by atoms with Crippen LogP contribution in [0.25, 0.3) is 11.3 Å². The maximum absolute atomic E-state index is 13.5. The second-order valence-corrected chi connectivity index (χ2v) is 5.57. The van der Waals surface area contributed by atoms with Crippen LogP contribution in [0.1, 0.15) is 43.6 Å². The summed E-state index contributed by atoms with van der Waals surface area (Å²) in [6.45, 7) is 4.10. The lowest BCUT2D eigenvalue weighted by Gasteiger charge is -2.08. The Kier molecular flexibility index (Phi) is 3.24. The molecule has 1 aromatic heterocycles. The van der Waals surface area contributed by atoms with Crippen molar-refractivity contribution in [1.82, 2.24) is 9.55 Å². The van der Waals surface area contributed by atoms with Gasteiger partial charge in [-0.2, -0.15) is 0 Å². The lowest BCUT2D eigenvalue weighted by atomic mass is 10.1. The van der Waals surface area contributed by atoms with E-state index in [2.05, 4.69) is 11.5 Å². The fourth-order valence-corrected chi connectivity index (χ4v) is 2.68. The molecule has 3 nitrogen and oxygen atoms in total. The summed E-state index contributed by atoms with van der Waals surface area (Å²) < 4.78 is 15.7. The molecule has 20 heavy (non-hydrogen) atoms. The molecule has 0 unspecified atom stereocenters. The van der Waals surface area contributed by atoms with Crippen molar-refractivity contribution in [2.24, 2.45) is 0 Å². The molecule has 3 rings (SSSR count).